The maximum absolute atomic E-state index is 5.04. The fourth-order valence-electron chi connectivity index (χ4n) is 4.25. The number of rotatable bonds is 4. The molecule has 0 spiro atoms. The van der Waals surface area contributed by atoms with E-state index in [9.17, 15) is 0 Å². The molecule has 1 N–H and O–H groups in total. The van der Waals surface area contributed by atoms with Gasteiger partial charge in [0.15, 0.2) is 0 Å². The Kier molecular flexibility index (Phi) is 86.1. The third-order valence-corrected chi connectivity index (χ3v) is 7.60. The van der Waals surface area contributed by atoms with Gasteiger partial charge < -0.3 is 9.47 Å². The minimum absolute atomic E-state index is 0. The molecule has 79 heavy (non-hydrogen) atoms. The molecule has 0 aliphatic carbocycles. The van der Waals surface area contributed by atoms with Gasteiger partial charge in [-0.05, 0) is 13.8 Å². The summed E-state index contributed by atoms with van der Waals surface area (Å²) in [4.78, 5) is 0. The molecular formula is C65H81Cl8O2Zr4-. The molecule has 0 aliphatic heterocycles. The van der Waals surface area contributed by atoms with Gasteiger partial charge in [-0.3, -0.25) is 0 Å². The molecule has 8 aromatic carbocycles. The van der Waals surface area contributed by atoms with Gasteiger partial charge in [0.25, 0.3) is 0 Å². The maximum Gasteiger partial charge on any atom is 4.00 e. The zero-order chi connectivity index (χ0) is 59.1. The van der Waals surface area contributed by atoms with Crippen LogP contribution in [0.4, 0.5) is 0 Å². The van der Waals surface area contributed by atoms with Gasteiger partial charge in [-0.1, -0.05) is 56.0 Å². The Labute approximate surface area is 557 Å². The molecule has 0 aromatic heterocycles. The molecule has 0 atom stereocenters. The van der Waals surface area contributed by atoms with E-state index in [4.69, 9.17) is 72.8 Å². The Bertz CT molecular complexity index is 1780. The summed E-state index contributed by atoms with van der Waals surface area (Å²) in [7, 11) is 39.9. The summed E-state index contributed by atoms with van der Waals surface area (Å²) in [6.45, 7) is 41.5. The first-order valence-corrected chi connectivity index (χ1v) is 49.0. The Morgan fingerprint density at radius 1 is 0.354 bits per heavy atom. The summed E-state index contributed by atoms with van der Waals surface area (Å²) in [6.07, 6.45) is 0. The average Bonchev–Trinajstić information content (AvgIpc) is 3.41. The van der Waals surface area contributed by atoms with Crippen molar-refractivity contribution in [1.29, 1.82) is 0 Å². The maximum atomic E-state index is 5.04. The zero-order valence-electron chi connectivity index (χ0n) is 45.5. The molecule has 8 rings (SSSR count). The van der Waals surface area contributed by atoms with Gasteiger partial charge >= 0.3 is 151 Å². The van der Waals surface area contributed by atoms with Crippen molar-refractivity contribution in [3.63, 3.8) is 0 Å². The zero-order valence-corrected chi connectivity index (χ0v) is 61.3. The molecule has 426 valence electrons. The first-order valence-electron chi connectivity index (χ1n) is 23.7. The van der Waals surface area contributed by atoms with E-state index in [0.29, 0.717) is 0 Å². The van der Waals surface area contributed by atoms with Crippen LogP contribution in [0, 0.1) is 55.4 Å². The third-order valence-electron chi connectivity index (χ3n) is 7.60. The molecular weight excluding hydrogens is 1460 g/mol. The Hall–Kier alpha value is -1.51. The van der Waals surface area contributed by atoms with Crippen LogP contribution >= 0.6 is 68.1 Å². The van der Waals surface area contributed by atoms with Crippen molar-refractivity contribution in [3.8, 4) is 0 Å². The largest absolute Gasteiger partial charge is 4.00 e. The predicted octanol–water partition coefficient (Wildman–Crippen LogP) is 22.7. The number of ether oxygens (including phenoxy) is 2. The normalized spacial score (nSPS) is 8.20. The smallest absolute Gasteiger partial charge is 4.00 e. The minimum Gasteiger partial charge on any atom is 4.00 e. The van der Waals surface area contributed by atoms with E-state index in [1.54, 1.807) is 0 Å². The van der Waals surface area contributed by atoms with E-state index in [0.717, 1.165) is 70.9 Å². The van der Waals surface area contributed by atoms with Crippen LogP contribution in [0.3, 0.4) is 0 Å². The third kappa shape index (κ3) is 96.0. The van der Waals surface area contributed by atoms with E-state index in [2.05, 4.69) is 60.1 Å². The van der Waals surface area contributed by atoms with Crippen LogP contribution in [0.15, 0.2) is 243 Å². The van der Waals surface area contributed by atoms with Crippen LogP contribution in [0.1, 0.15) is 79.6 Å². The van der Waals surface area contributed by atoms with Gasteiger partial charge in [0.1, 0.15) is 13.2 Å². The summed E-state index contributed by atoms with van der Waals surface area (Å²) >= 11 is -4.94. The van der Waals surface area contributed by atoms with E-state index < -0.39 is 57.2 Å². The molecule has 0 saturated carbocycles. The molecule has 2 nitrogen and oxygen atoms in total. The van der Waals surface area contributed by atoms with E-state index in [1.165, 1.54) is 0 Å². The second kappa shape index (κ2) is 74.5. The molecule has 0 unspecified atom stereocenters. The van der Waals surface area contributed by atoms with Gasteiger partial charge in [-0.25, -0.2) is 0 Å². The van der Waals surface area contributed by atoms with Gasteiger partial charge in [0, 0.05) is 27.1 Å². The number of halogens is 8. The molecule has 0 radical (unpaired) electrons. The molecule has 0 heterocycles. The van der Waals surface area contributed by atoms with E-state index >= 15 is 0 Å². The number of hydrogen-bond donors (Lipinski definition) is 0. The van der Waals surface area contributed by atoms with Crippen molar-refractivity contribution in [2.75, 3.05) is 26.4 Å². The van der Waals surface area contributed by atoms with Gasteiger partial charge in [0.05, 0.1) is 0 Å². The minimum atomic E-state index is -3.29. The number of hydrogen-bond acceptors (Lipinski definition) is 1. The fraction of sp³-hybridized carbons (Fsp3) is 0.138. The van der Waals surface area contributed by atoms with Crippen LogP contribution in [0.2, 0.25) is 0 Å². The Balaban J connectivity index is -0.000000143. The SMILES string of the molecule is C.CCOCC.CC[OH+]CC.[CH2-]c1ccccc1.[CH2-]c1ccccc1.[CH2-]c1ccccc1.[CH2-]c1ccccc1.[CH2-]c1ccccc1.[CH2-]c1ccccc1.[CH2-]c1ccccc1.[CH2-]c1ccccc1.[Cl][Zr+2][Cl].[Cl][Zr]([Cl])([Cl])[Cl].[Cl][Zr][Cl].[Zr+4]. The summed E-state index contributed by atoms with van der Waals surface area (Å²) in [5.74, 6) is 0. The molecule has 14 heteroatoms. The summed E-state index contributed by atoms with van der Waals surface area (Å²) in [5, 5.41) is 0. The van der Waals surface area contributed by atoms with Crippen LogP contribution in [-0.4, -0.2) is 31.2 Å². The second-order valence-electron chi connectivity index (χ2n) is 14.1. The van der Waals surface area contributed by atoms with Crippen molar-refractivity contribution < 1.29 is 92.9 Å². The molecule has 0 saturated heterocycles. The van der Waals surface area contributed by atoms with Crippen LogP contribution < -0.4 is 0 Å². The quantitative estimate of drug-likeness (QED) is 0.127. The van der Waals surface area contributed by atoms with Crippen LogP contribution in [0.25, 0.3) is 0 Å². The molecule has 0 amide bonds. The monoisotopic (exact) mass is 1530 g/mol. The van der Waals surface area contributed by atoms with Crippen molar-refractivity contribution in [2.24, 2.45) is 0 Å². The van der Waals surface area contributed by atoms with Crippen LogP contribution in [-0.2, 0) is 88.1 Å². The first-order chi connectivity index (χ1) is 36.8. The van der Waals surface area contributed by atoms with Gasteiger partial charge in [0.2, 0.25) is 0 Å². The van der Waals surface area contributed by atoms with Crippen molar-refractivity contribution in [2.45, 2.75) is 35.1 Å². The van der Waals surface area contributed by atoms with E-state index in [-0.39, 0.29) is 33.6 Å². The van der Waals surface area contributed by atoms with Gasteiger partial charge in [-0.15, -0.1) is 97.1 Å². The summed E-state index contributed by atoms with van der Waals surface area (Å²) < 4.78 is 8.81. The molecule has 0 aliphatic rings. The topological polar surface area (TPSA) is 22.0 Å². The number of aliphatic hydroxyl groups is 2. The van der Waals surface area contributed by atoms with Crippen molar-refractivity contribution in [3.05, 3.63) is 343 Å². The molecule has 0 bridgehead atoms. The van der Waals surface area contributed by atoms with Gasteiger partial charge in [-0.2, -0.15) is 197 Å². The number of benzene rings is 8. The van der Waals surface area contributed by atoms with Crippen molar-refractivity contribution >= 4 is 68.1 Å². The first kappa shape index (κ1) is 91.2. The molecule has 8 aromatic rings. The van der Waals surface area contributed by atoms with Crippen LogP contribution in [0.5, 0.6) is 0 Å². The second-order valence-corrected chi connectivity index (χ2v) is 43.9. The Morgan fingerprint density at radius 3 is 0.481 bits per heavy atom. The van der Waals surface area contributed by atoms with E-state index in [1.807, 2.05) is 270 Å². The average molecular weight is 1540 g/mol. The summed E-state index contributed by atoms with van der Waals surface area (Å²) in [5.41, 5.74) is 8.57. The fourth-order valence-corrected chi connectivity index (χ4v) is 4.25. The van der Waals surface area contributed by atoms with Crippen molar-refractivity contribution in [1.82, 2.24) is 0 Å². The standard InChI is InChI=1S/8C7H7.2C4H10O.CH4.8ClH.4Zr/c8*1-7-5-3-2-4-6-7;2*1-3-5-4-2;;;;;;;;;;;;;/h8*2-6H,1H2;2*3-4H2,1-2H3;1H4;8*1H;;;;/q8*-1;;;;;;;;;;;;+2;3*+4/p-7. The summed E-state index contributed by atoms with van der Waals surface area (Å²) in [6, 6.07) is 79.0. The predicted molar refractivity (Wildman–Crippen MR) is 346 cm³/mol. The Morgan fingerprint density at radius 2 is 0.456 bits per heavy atom. The molecule has 0 fully saturated rings.